The number of hydrogen-bond acceptors (Lipinski definition) is 8. The van der Waals surface area contributed by atoms with Crippen molar-refractivity contribution >= 4 is 58.4 Å². The van der Waals surface area contributed by atoms with Gasteiger partial charge >= 0.3 is 24.1 Å². The van der Waals surface area contributed by atoms with Crippen molar-refractivity contribution in [1.29, 1.82) is 0 Å². The maximum atomic E-state index is 12.6. The lowest BCUT2D eigenvalue weighted by Gasteiger charge is -2.12. The van der Waals surface area contributed by atoms with E-state index in [1.165, 1.54) is 38.1 Å². The van der Waals surface area contributed by atoms with Crippen LogP contribution in [0.2, 0.25) is 5.02 Å². The molecule has 0 saturated heterocycles. The minimum Gasteiger partial charge on any atom is -0.497 e. The summed E-state index contributed by atoms with van der Waals surface area (Å²) in [4.78, 5) is 65.3. The Labute approximate surface area is 380 Å². The van der Waals surface area contributed by atoms with E-state index >= 15 is 0 Å². The predicted molar refractivity (Wildman–Crippen MR) is 241 cm³/mol. The molecule has 6 rings (SSSR count). The predicted octanol–water partition coefficient (Wildman–Crippen LogP) is 10.4. The first-order chi connectivity index (χ1) is 31.1. The summed E-state index contributed by atoms with van der Waals surface area (Å²) in [6.45, 7) is 2.82. The molecule has 2 amide bonds. The molecule has 66 heavy (non-hydrogen) atoms. The summed E-state index contributed by atoms with van der Waals surface area (Å²) in [5, 5.41) is 43.7. The zero-order valence-corrected chi connectivity index (χ0v) is 36.1. The number of carboxylic acids is 3. The first-order valence-electron chi connectivity index (χ1n) is 19.4. The van der Waals surface area contributed by atoms with Crippen molar-refractivity contribution in [2.45, 2.75) is 39.3 Å². The molecule has 0 aromatic heterocycles. The molecule has 6 aromatic carbocycles. The summed E-state index contributed by atoms with van der Waals surface area (Å²) in [6.07, 6.45) is -5.18. The van der Waals surface area contributed by atoms with E-state index in [1.54, 1.807) is 49.6 Å². The van der Waals surface area contributed by atoms with Crippen LogP contribution < -0.4 is 15.4 Å². The first kappa shape index (κ1) is 50.6. The number of methoxy groups -OCH3 is 1. The molecule has 5 N–H and O–H groups in total. The number of nitro groups is 1. The quantitative estimate of drug-likeness (QED) is 0.0541. The SMILES string of the molecule is CC(=O)Nc1ccc(-c2ccc(Cl)cc2)c(CC(=O)O)c1.COc1ccc(-c2ccc(NC(C)=O)cc2CC(=O)O)cc1.O=C(O)Cc1cc([N+](=O)[O-])ccc1-c1ccc(C(F)(F)F)cc1. The highest BCUT2D eigenvalue weighted by molar-refractivity contribution is 6.30. The van der Waals surface area contributed by atoms with Crippen LogP contribution in [0.1, 0.15) is 36.1 Å². The molecule has 0 atom stereocenters. The number of nitrogens with zero attached hydrogens (tertiary/aromatic N) is 1. The van der Waals surface area contributed by atoms with E-state index in [9.17, 15) is 47.3 Å². The zero-order chi connectivity index (χ0) is 48.7. The lowest BCUT2D eigenvalue weighted by Crippen LogP contribution is -2.08. The third kappa shape index (κ3) is 15.3. The molecule has 0 heterocycles. The number of carbonyl (C=O) groups excluding carboxylic acids is 2. The third-order valence-corrected chi connectivity index (χ3v) is 9.51. The maximum absolute atomic E-state index is 12.6. The number of carbonyl (C=O) groups is 5. The zero-order valence-electron chi connectivity index (χ0n) is 35.3. The summed E-state index contributed by atoms with van der Waals surface area (Å²) in [7, 11) is 1.59. The molecule has 6 aromatic rings. The summed E-state index contributed by atoms with van der Waals surface area (Å²) in [6, 6.07) is 32.8. The van der Waals surface area contributed by atoms with Crippen LogP contribution in [0.4, 0.5) is 30.2 Å². The highest BCUT2D eigenvalue weighted by Crippen LogP contribution is 2.34. The number of non-ortho nitro benzene ring substituents is 1. The number of carboxylic acid groups (broad SMARTS) is 3. The van der Waals surface area contributed by atoms with Crippen LogP contribution in [0.5, 0.6) is 5.75 Å². The smallest absolute Gasteiger partial charge is 0.416 e. The average Bonchev–Trinajstić information content (AvgIpc) is 3.23. The second-order valence-corrected chi connectivity index (χ2v) is 14.7. The molecule has 0 saturated carbocycles. The van der Waals surface area contributed by atoms with Crippen molar-refractivity contribution in [3.63, 3.8) is 0 Å². The van der Waals surface area contributed by atoms with Gasteiger partial charge in [0.05, 0.1) is 36.9 Å². The van der Waals surface area contributed by atoms with Gasteiger partial charge < -0.3 is 30.7 Å². The van der Waals surface area contributed by atoms with E-state index in [0.29, 0.717) is 38.7 Å². The second kappa shape index (κ2) is 23.0. The van der Waals surface area contributed by atoms with E-state index in [2.05, 4.69) is 10.6 Å². The van der Waals surface area contributed by atoms with Gasteiger partial charge in [-0.3, -0.25) is 34.1 Å². The Hall–Kier alpha value is -8.05. The lowest BCUT2D eigenvalue weighted by molar-refractivity contribution is -0.384. The van der Waals surface area contributed by atoms with Crippen molar-refractivity contribution < 1.29 is 62.1 Å². The fourth-order valence-corrected chi connectivity index (χ4v) is 6.58. The highest BCUT2D eigenvalue weighted by Gasteiger charge is 2.30. The van der Waals surface area contributed by atoms with Gasteiger partial charge in [0, 0.05) is 42.4 Å². The Morgan fingerprint density at radius 1 is 0.591 bits per heavy atom. The number of amides is 2. The first-order valence-corrected chi connectivity index (χ1v) is 19.8. The number of rotatable bonds is 13. The highest BCUT2D eigenvalue weighted by atomic mass is 35.5. The number of nitro benzene ring substituents is 1. The van der Waals surface area contributed by atoms with Crippen LogP contribution in [0.15, 0.2) is 127 Å². The Balaban J connectivity index is 0.000000217. The normalized spacial score (nSPS) is 10.5. The molecule has 342 valence electrons. The number of benzene rings is 6. The van der Waals surface area contributed by atoms with Gasteiger partial charge in [0.25, 0.3) is 5.69 Å². The van der Waals surface area contributed by atoms with Crippen LogP contribution in [-0.4, -0.2) is 57.1 Å². The van der Waals surface area contributed by atoms with Gasteiger partial charge in [-0.25, -0.2) is 0 Å². The van der Waals surface area contributed by atoms with Crippen molar-refractivity contribution in [3.8, 4) is 39.1 Å². The molecule has 18 heteroatoms. The van der Waals surface area contributed by atoms with Crippen molar-refractivity contribution in [3.05, 3.63) is 165 Å². The minimum absolute atomic E-state index is 0.116. The number of alkyl halides is 3. The van der Waals surface area contributed by atoms with E-state index in [4.69, 9.17) is 31.7 Å². The van der Waals surface area contributed by atoms with E-state index in [0.717, 1.165) is 46.2 Å². The Bertz CT molecular complexity index is 2730. The number of aliphatic carboxylic acids is 3. The van der Waals surface area contributed by atoms with Crippen LogP contribution in [0.25, 0.3) is 33.4 Å². The monoisotopic (exact) mass is 927 g/mol. The fourth-order valence-electron chi connectivity index (χ4n) is 6.45. The third-order valence-electron chi connectivity index (χ3n) is 9.26. The number of anilines is 2. The van der Waals surface area contributed by atoms with E-state index in [1.807, 2.05) is 42.5 Å². The van der Waals surface area contributed by atoms with Crippen LogP contribution in [0, 0.1) is 10.1 Å². The molecule has 0 aliphatic carbocycles. The van der Waals surface area contributed by atoms with Gasteiger partial charge in [-0.2, -0.15) is 13.2 Å². The Kier molecular flexibility index (Phi) is 17.7. The number of nitrogens with one attached hydrogen (secondary N) is 2. The largest absolute Gasteiger partial charge is 0.497 e. The standard InChI is InChI=1S/C17H17NO4.C16H14ClNO3.C15H10F3NO4/c1-11(19)18-14-5-8-16(13(9-14)10-17(20)21)12-3-6-15(22-2)7-4-12;1-10(19)18-14-6-7-15(12(8-14)9-16(20)21)11-2-4-13(17)5-3-11;16-15(17,18)11-3-1-9(2-4-11)13-6-5-12(19(22)23)7-10(13)8-14(20)21/h3-9H,10H2,1-2H3,(H,18,19)(H,20,21);2-8H,9H2,1H3,(H,18,19)(H,20,21);1-7H,8H2,(H,20,21). The summed E-state index contributed by atoms with van der Waals surface area (Å²) in [5.74, 6) is -2.70. The molecule has 0 radical (unpaired) electrons. The van der Waals surface area contributed by atoms with E-state index < -0.39 is 41.0 Å². The van der Waals surface area contributed by atoms with Gasteiger partial charge in [-0.1, -0.05) is 60.1 Å². The summed E-state index contributed by atoms with van der Waals surface area (Å²) < 4.78 is 42.8. The summed E-state index contributed by atoms with van der Waals surface area (Å²) in [5.41, 5.74) is 5.58. The number of halogens is 4. The Morgan fingerprint density at radius 3 is 1.30 bits per heavy atom. The molecule has 0 aliphatic heterocycles. The summed E-state index contributed by atoms with van der Waals surface area (Å²) >= 11 is 5.86. The molecule has 0 bridgehead atoms. The fraction of sp³-hybridized carbons (Fsp3) is 0.146. The van der Waals surface area contributed by atoms with Gasteiger partial charge in [0.1, 0.15) is 5.75 Å². The van der Waals surface area contributed by atoms with Crippen LogP contribution in [-0.2, 0) is 49.4 Å². The van der Waals surface area contributed by atoms with Gasteiger partial charge in [-0.15, -0.1) is 0 Å². The van der Waals surface area contributed by atoms with Gasteiger partial charge in [-0.05, 0) is 117 Å². The minimum atomic E-state index is -4.47. The number of hydrogen-bond donors (Lipinski definition) is 5. The van der Waals surface area contributed by atoms with Gasteiger partial charge in [0.15, 0.2) is 0 Å². The van der Waals surface area contributed by atoms with Crippen molar-refractivity contribution in [2.24, 2.45) is 0 Å². The molecule has 0 unspecified atom stereocenters. The van der Waals surface area contributed by atoms with Crippen LogP contribution >= 0.6 is 11.6 Å². The lowest BCUT2D eigenvalue weighted by atomic mass is 9.96. The number of ether oxygens (including phenoxy) is 1. The van der Waals surface area contributed by atoms with Gasteiger partial charge in [0.2, 0.25) is 11.8 Å². The molecule has 0 spiro atoms. The van der Waals surface area contributed by atoms with Crippen molar-refractivity contribution in [2.75, 3.05) is 17.7 Å². The maximum Gasteiger partial charge on any atom is 0.416 e. The van der Waals surface area contributed by atoms with Crippen molar-refractivity contribution in [1.82, 2.24) is 0 Å². The topological polar surface area (TPSA) is 222 Å². The van der Waals surface area contributed by atoms with Crippen LogP contribution in [0.3, 0.4) is 0 Å². The second-order valence-electron chi connectivity index (χ2n) is 14.2. The average molecular weight is 928 g/mol. The molecular weight excluding hydrogens is 887 g/mol. The molecule has 14 nitrogen and oxygen atoms in total. The Morgan fingerprint density at radius 2 is 0.955 bits per heavy atom. The van der Waals surface area contributed by atoms with E-state index in [-0.39, 0.29) is 35.9 Å². The molecule has 0 aliphatic rings. The molecule has 0 fully saturated rings. The molecular formula is C48H41ClF3N3O11.